The van der Waals surface area contributed by atoms with Gasteiger partial charge in [0.25, 0.3) is 0 Å². The minimum Gasteiger partial charge on any atom is -0.496 e. The number of rotatable bonds is 6. The van der Waals surface area contributed by atoms with Crippen LogP contribution in [0.2, 0.25) is 0 Å². The summed E-state index contributed by atoms with van der Waals surface area (Å²) in [5.41, 5.74) is 1.34. The number of benzene rings is 2. The van der Waals surface area contributed by atoms with Gasteiger partial charge >= 0.3 is 0 Å². The highest BCUT2D eigenvalue weighted by molar-refractivity contribution is 14.0. The van der Waals surface area contributed by atoms with Crippen molar-refractivity contribution in [3.63, 3.8) is 0 Å². The first-order valence-corrected chi connectivity index (χ1v) is 7.65. The Morgan fingerprint density at radius 1 is 1.04 bits per heavy atom. The van der Waals surface area contributed by atoms with E-state index in [4.69, 9.17) is 4.74 Å². The summed E-state index contributed by atoms with van der Waals surface area (Å²) >= 11 is 0. The number of para-hydroxylation sites is 1. The molecule has 0 saturated heterocycles. The van der Waals surface area contributed by atoms with Crippen molar-refractivity contribution >= 4 is 29.9 Å². The second-order valence-corrected chi connectivity index (χ2v) is 5.13. The quantitative estimate of drug-likeness (QED) is 0.394. The first-order chi connectivity index (χ1) is 11.7. The third kappa shape index (κ3) is 6.15. The molecule has 0 unspecified atom stereocenters. The normalized spacial score (nSPS) is 10.8. The van der Waals surface area contributed by atoms with Crippen LogP contribution in [0.1, 0.15) is 11.1 Å². The molecule has 2 rings (SSSR count). The van der Waals surface area contributed by atoms with Crippen LogP contribution < -0.4 is 15.4 Å². The van der Waals surface area contributed by atoms with Gasteiger partial charge in [0.2, 0.25) is 0 Å². The molecule has 0 aliphatic carbocycles. The lowest BCUT2D eigenvalue weighted by molar-refractivity contribution is 0.409. The van der Waals surface area contributed by atoms with Crippen LogP contribution >= 0.6 is 24.0 Å². The van der Waals surface area contributed by atoms with Gasteiger partial charge in [0.05, 0.1) is 7.11 Å². The van der Waals surface area contributed by atoms with Gasteiger partial charge in [-0.1, -0.05) is 30.3 Å². The molecule has 7 heteroatoms. The molecule has 0 spiro atoms. The Morgan fingerprint density at radius 2 is 1.76 bits per heavy atom. The maximum Gasteiger partial charge on any atom is 0.191 e. The summed E-state index contributed by atoms with van der Waals surface area (Å²) in [5, 5.41) is 6.25. The summed E-state index contributed by atoms with van der Waals surface area (Å²) in [7, 11) is 3.28. The van der Waals surface area contributed by atoms with E-state index in [0.717, 1.165) is 17.4 Å². The molecule has 2 N–H and O–H groups in total. The second kappa shape index (κ2) is 10.9. The van der Waals surface area contributed by atoms with Crippen molar-refractivity contribution in [2.75, 3.05) is 20.7 Å². The SMILES string of the molecule is CN=C(NCCc1cccc(F)c1F)NCc1ccccc1OC.I. The Balaban J connectivity index is 0.00000312. The molecule has 0 heterocycles. The number of hydrogen-bond acceptors (Lipinski definition) is 2. The fraction of sp³-hybridized carbons (Fsp3) is 0.278. The number of guanidine groups is 1. The van der Waals surface area contributed by atoms with Crippen molar-refractivity contribution < 1.29 is 13.5 Å². The molecule has 4 nitrogen and oxygen atoms in total. The molecule has 0 amide bonds. The average molecular weight is 461 g/mol. The zero-order valence-electron chi connectivity index (χ0n) is 14.2. The van der Waals surface area contributed by atoms with E-state index in [1.807, 2.05) is 24.3 Å². The second-order valence-electron chi connectivity index (χ2n) is 5.13. The molecule has 25 heavy (non-hydrogen) atoms. The molecule has 0 radical (unpaired) electrons. The molecule has 0 atom stereocenters. The van der Waals surface area contributed by atoms with E-state index in [9.17, 15) is 8.78 Å². The first kappa shape index (κ1) is 21.1. The number of hydrogen-bond donors (Lipinski definition) is 2. The van der Waals surface area contributed by atoms with Crippen LogP contribution in [-0.2, 0) is 13.0 Å². The molecule has 0 bridgehead atoms. The van der Waals surface area contributed by atoms with Crippen LogP contribution in [0.5, 0.6) is 5.75 Å². The van der Waals surface area contributed by atoms with Crippen molar-refractivity contribution in [1.82, 2.24) is 10.6 Å². The van der Waals surface area contributed by atoms with E-state index >= 15 is 0 Å². The van der Waals surface area contributed by atoms with Crippen LogP contribution in [-0.4, -0.2) is 26.7 Å². The van der Waals surface area contributed by atoms with Crippen molar-refractivity contribution in [1.29, 1.82) is 0 Å². The lowest BCUT2D eigenvalue weighted by Gasteiger charge is -2.14. The van der Waals surface area contributed by atoms with Gasteiger partial charge in [-0.15, -0.1) is 24.0 Å². The molecule has 0 saturated carbocycles. The summed E-state index contributed by atoms with van der Waals surface area (Å²) in [6.07, 6.45) is 0.360. The minimum atomic E-state index is -0.828. The van der Waals surface area contributed by atoms with Crippen molar-refractivity contribution in [2.45, 2.75) is 13.0 Å². The molecule has 136 valence electrons. The van der Waals surface area contributed by atoms with E-state index in [-0.39, 0.29) is 24.0 Å². The Bertz CT molecular complexity index is 710. The number of methoxy groups -OCH3 is 1. The van der Waals surface area contributed by atoms with Gasteiger partial charge in [-0.05, 0) is 24.1 Å². The molecule has 0 aromatic heterocycles. The topological polar surface area (TPSA) is 45.7 Å². The Hall–Kier alpha value is -1.90. The predicted octanol–water partition coefficient (Wildman–Crippen LogP) is 3.50. The van der Waals surface area contributed by atoms with Gasteiger partial charge in [0.1, 0.15) is 5.75 Å². The number of halogens is 3. The van der Waals surface area contributed by atoms with E-state index in [2.05, 4.69) is 15.6 Å². The maximum atomic E-state index is 13.6. The molecular weight excluding hydrogens is 439 g/mol. The summed E-state index contributed by atoms with van der Waals surface area (Å²) in [5.74, 6) is -0.248. The van der Waals surface area contributed by atoms with Gasteiger partial charge in [0.15, 0.2) is 17.6 Å². The molecule has 0 aliphatic heterocycles. The van der Waals surface area contributed by atoms with Crippen molar-refractivity contribution in [3.8, 4) is 5.75 Å². The Kier molecular flexibility index (Phi) is 9.18. The van der Waals surface area contributed by atoms with Crippen molar-refractivity contribution in [3.05, 3.63) is 65.2 Å². The highest BCUT2D eigenvalue weighted by Crippen LogP contribution is 2.16. The van der Waals surface area contributed by atoms with Gasteiger partial charge in [-0.3, -0.25) is 4.99 Å². The standard InChI is InChI=1S/C18H21F2N3O.HI/c1-21-18(23-12-14-6-3-4-9-16(14)24-2)22-11-10-13-7-5-8-15(19)17(13)20;/h3-9H,10-12H2,1-2H3,(H2,21,22,23);1H. The average Bonchev–Trinajstić information content (AvgIpc) is 2.61. The van der Waals surface area contributed by atoms with E-state index in [1.54, 1.807) is 20.2 Å². The van der Waals surface area contributed by atoms with E-state index in [0.29, 0.717) is 31.0 Å². The van der Waals surface area contributed by atoms with Gasteiger partial charge in [-0.25, -0.2) is 8.78 Å². The third-order valence-electron chi connectivity index (χ3n) is 3.58. The number of nitrogens with zero attached hydrogens (tertiary/aromatic N) is 1. The summed E-state index contributed by atoms with van der Waals surface area (Å²) in [6, 6.07) is 11.9. The number of nitrogens with one attached hydrogen (secondary N) is 2. The molecule has 2 aromatic rings. The molecular formula is C18H22F2IN3O. The zero-order chi connectivity index (χ0) is 17.4. The third-order valence-corrected chi connectivity index (χ3v) is 3.58. The summed E-state index contributed by atoms with van der Waals surface area (Å²) in [4.78, 5) is 4.12. The maximum absolute atomic E-state index is 13.6. The Morgan fingerprint density at radius 3 is 2.48 bits per heavy atom. The van der Waals surface area contributed by atoms with Gasteiger partial charge in [0, 0.05) is 25.7 Å². The van der Waals surface area contributed by atoms with Crippen LogP contribution in [0.25, 0.3) is 0 Å². The Labute approximate surface area is 163 Å². The van der Waals surface area contributed by atoms with Crippen LogP contribution in [0.3, 0.4) is 0 Å². The first-order valence-electron chi connectivity index (χ1n) is 7.65. The fourth-order valence-electron chi connectivity index (χ4n) is 2.31. The van der Waals surface area contributed by atoms with Crippen LogP contribution in [0, 0.1) is 11.6 Å². The smallest absolute Gasteiger partial charge is 0.191 e. The lowest BCUT2D eigenvalue weighted by atomic mass is 10.1. The lowest BCUT2D eigenvalue weighted by Crippen LogP contribution is -2.38. The molecule has 2 aromatic carbocycles. The predicted molar refractivity (Wildman–Crippen MR) is 107 cm³/mol. The highest BCUT2D eigenvalue weighted by atomic mass is 127. The number of ether oxygens (including phenoxy) is 1. The largest absolute Gasteiger partial charge is 0.496 e. The van der Waals surface area contributed by atoms with Crippen LogP contribution in [0.4, 0.5) is 8.78 Å². The summed E-state index contributed by atoms with van der Waals surface area (Å²) in [6.45, 7) is 0.976. The minimum absolute atomic E-state index is 0. The van der Waals surface area contributed by atoms with Gasteiger partial charge in [-0.2, -0.15) is 0 Å². The van der Waals surface area contributed by atoms with E-state index in [1.165, 1.54) is 6.07 Å². The zero-order valence-corrected chi connectivity index (χ0v) is 16.5. The number of aliphatic imine (C=N–C) groups is 1. The van der Waals surface area contributed by atoms with Gasteiger partial charge < -0.3 is 15.4 Å². The summed E-state index contributed by atoms with van der Waals surface area (Å²) < 4.78 is 32.1. The van der Waals surface area contributed by atoms with E-state index < -0.39 is 11.6 Å². The molecule has 0 fully saturated rings. The monoisotopic (exact) mass is 461 g/mol. The molecule has 0 aliphatic rings. The van der Waals surface area contributed by atoms with Crippen molar-refractivity contribution in [2.24, 2.45) is 4.99 Å². The van der Waals surface area contributed by atoms with Crippen LogP contribution in [0.15, 0.2) is 47.5 Å². The highest BCUT2D eigenvalue weighted by Gasteiger charge is 2.08. The fourth-order valence-corrected chi connectivity index (χ4v) is 2.31.